The summed E-state index contributed by atoms with van der Waals surface area (Å²) < 4.78 is 0. The largest absolute Gasteiger partial charge is 0.480 e. The number of rotatable bonds is 4. The molecule has 0 radical (unpaired) electrons. The van der Waals surface area contributed by atoms with Crippen molar-refractivity contribution < 1.29 is 9.90 Å². The molecule has 0 atom stereocenters. The highest BCUT2D eigenvalue weighted by atomic mass is 32.1. The monoisotopic (exact) mass is 336 g/mol. The Balaban J connectivity index is 2.15. The highest BCUT2D eigenvalue weighted by Crippen LogP contribution is 2.25. The average molecular weight is 336 g/mol. The molecule has 0 aliphatic carbocycles. The lowest BCUT2D eigenvalue weighted by atomic mass is 10.0. The van der Waals surface area contributed by atoms with E-state index in [1.807, 2.05) is 60.7 Å². The Morgan fingerprint density at radius 1 is 1.12 bits per heavy atom. The molecule has 0 fully saturated rings. The summed E-state index contributed by atoms with van der Waals surface area (Å²) in [5.74, 6) is -0.915. The van der Waals surface area contributed by atoms with Crippen LogP contribution in [0.25, 0.3) is 22.2 Å². The summed E-state index contributed by atoms with van der Waals surface area (Å²) in [6.07, 6.45) is 0. The molecule has 0 saturated heterocycles. The van der Waals surface area contributed by atoms with Crippen LogP contribution in [0.4, 0.5) is 0 Å². The predicted octanol–water partition coefficient (Wildman–Crippen LogP) is 3.59. The number of aliphatic carboxylic acids is 1. The van der Waals surface area contributed by atoms with Gasteiger partial charge in [-0.25, -0.2) is 4.98 Å². The Hall–Kier alpha value is -2.79. The van der Waals surface area contributed by atoms with E-state index in [0.29, 0.717) is 4.99 Å². The van der Waals surface area contributed by atoms with E-state index in [0.717, 1.165) is 27.7 Å². The summed E-state index contributed by atoms with van der Waals surface area (Å²) in [6, 6.07) is 19.5. The lowest BCUT2D eigenvalue weighted by molar-refractivity contribution is -0.137. The van der Waals surface area contributed by atoms with Crippen LogP contribution in [0, 0.1) is 0 Å². The normalized spacial score (nSPS) is 10.5. The minimum absolute atomic E-state index is 0.143. The van der Waals surface area contributed by atoms with Crippen LogP contribution in [0.2, 0.25) is 0 Å². The molecular weight excluding hydrogens is 320 g/mol. The first-order valence-corrected chi connectivity index (χ1v) is 7.89. The molecule has 0 aliphatic heterocycles. The Kier molecular flexibility index (Phi) is 4.53. The number of para-hydroxylation sites is 1. The maximum Gasteiger partial charge on any atom is 0.323 e. The van der Waals surface area contributed by atoms with Crippen molar-refractivity contribution in [2.24, 2.45) is 0 Å². The van der Waals surface area contributed by atoms with Crippen molar-refractivity contribution in [3.8, 4) is 11.3 Å². The summed E-state index contributed by atoms with van der Waals surface area (Å²) in [7, 11) is 1.69. The molecule has 1 heterocycles. The van der Waals surface area contributed by atoms with Crippen molar-refractivity contribution >= 4 is 34.1 Å². The molecule has 0 spiro atoms. The number of likely N-dealkylation sites (N-methyl/N-ethyl adjacent to an activating group) is 1. The van der Waals surface area contributed by atoms with Crippen molar-refractivity contribution in [2.75, 3.05) is 13.6 Å². The maximum atomic E-state index is 11.0. The van der Waals surface area contributed by atoms with Crippen molar-refractivity contribution in [1.29, 1.82) is 0 Å². The van der Waals surface area contributed by atoms with Crippen molar-refractivity contribution in [2.45, 2.75) is 0 Å². The van der Waals surface area contributed by atoms with Gasteiger partial charge in [-0.3, -0.25) is 4.79 Å². The topological polar surface area (TPSA) is 53.4 Å². The van der Waals surface area contributed by atoms with Gasteiger partial charge in [-0.2, -0.15) is 0 Å². The van der Waals surface area contributed by atoms with Gasteiger partial charge in [0.1, 0.15) is 11.5 Å². The zero-order chi connectivity index (χ0) is 17.1. The molecule has 1 aromatic heterocycles. The maximum absolute atomic E-state index is 11.0. The van der Waals surface area contributed by atoms with E-state index in [-0.39, 0.29) is 6.54 Å². The number of fused-ring (bicyclic) bond motifs is 1. The molecule has 0 saturated carbocycles. The molecule has 4 nitrogen and oxygen atoms in total. The number of aromatic nitrogens is 1. The number of hydrogen-bond donors (Lipinski definition) is 1. The fourth-order valence-corrected chi connectivity index (χ4v) is 2.82. The van der Waals surface area contributed by atoms with Gasteiger partial charge >= 0.3 is 5.97 Å². The minimum Gasteiger partial charge on any atom is -0.480 e. The Morgan fingerprint density at radius 3 is 2.50 bits per heavy atom. The lowest BCUT2D eigenvalue weighted by Gasteiger charge is -2.19. The molecule has 2 aromatic carbocycles. The van der Waals surface area contributed by atoms with Crippen LogP contribution < -0.4 is 0 Å². The molecule has 0 unspecified atom stereocenters. The van der Waals surface area contributed by atoms with Crippen LogP contribution in [0.15, 0.2) is 60.7 Å². The smallest absolute Gasteiger partial charge is 0.323 e. The molecule has 120 valence electrons. The van der Waals surface area contributed by atoms with Gasteiger partial charge in [-0.15, -0.1) is 0 Å². The van der Waals surface area contributed by atoms with Gasteiger partial charge in [0.05, 0.1) is 11.2 Å². The van der Waals surface area contributed by atoms with Crippen molar-refractivity contribution in [3.05, 3.63) is 66.2 Å². The second kappa shape index (κ2) is 6.76. The van der Waals surface area contributed by atoms with Crippen LogP contribution in [-0.2, 0) is 4.79 Å². The zero-order valence-corrected chi connectivity index (χ0v) is 14.0. The molecule has 24 heavy (non-hydrogen) atoms. The van der Waals surface area contributed by atoms with Crippen LogP contribution in [0.3, 0.4) is 0 Å². The van der Waals surface area contributed by atoms with Crippen LogP contribution in [-0.4, -0.2) is 39.5 Å². The third-order valence-corrected chi connectivity index (χ3v) is 4.27. The van der Waals surface area contributed by atoms with E-state index in [9.17, 15) is 4.79 Å². The fourth-order valence-electron chi connectivity index (χ4n) is 2.59. The number of pyridine rings is 1. The van der Waals surface area contributed by atoms with Gasteiger partial charge in [0.25, 0.3) is 0 Å². The van der Waals surface area contributed by atoms with E-state index in [4.69, 9.17) is 22.3 Å². The van der Waals surface area contributed by atoms with Crippen molar-refractivity contribution in [3.63, 3.8) is 0 Å². The predicted molar refractivity (Wildman–Crippen MR) is 99.1 cm³/mol. The minimum atomic E-state index is -0.915. The highest BCUT2D eigenvalue weighted by molar-refractivity contribution is 7.80. The van der Waals surface area contributed by atoms with Gasteiger partial charge in [0.2, 0.25) is 0 Å². The number of benzene rings is 2. The Bertz CT molecular complexity index is 910. The third kappa shape index (κ3) is 3.26. The third-order valence-electron chi connectivity index (χ3n) is 3.74. The lowest BCUT2D eigenvalue weighted by Crippen LogP contribution is -2.31. The first-order valence-electron chi connectivity index (χ1n) is 7.49. The van der Waals surface area contributed by atoms with Gasteiger partial charge in [-0.1, -0.05) is 60.7 Å². The van der Waals surface area contributed by atoms with Crippen molar-refractivity contribution in [1.82, 2.24) is 9.88 Å². The molecule has 5 heteroatoms. The highest BCUT2D eigenvalue weighted by Gasteiger charge is 2.15. The number of hydrogen-bond acceptors (Lipinski definition) is 3. The Morgan fingerprint density at radius 2 is 1.79 bits per heavy atom. The average Bonchev–Trinajstić information content (AvgIpc) is 2.60. The van der Waals surface area contributed by atoms with Gasteiger partial charge < -0.3 is 10.0 Å². The number of nitrogens with zero attached hydrogens (tertiary/aromatic N) is 2. The van der Waals surface area contributed by atoms with E-state index in [1.165, 1.54) is 0 Å². The Labute approximate surface area is 145 Å². The molecule has 3 rings (SSSR count). The first-order chi connectivity index (χ1) is 11.6. The first kappa shape index (κ1) is 16.1. The zero-order valence-electron chi connectivity index (χ0n) is 13.1. The van der Waals surface area contributed by atoms with Crippen LogP contribution >= 0.6 is 12.2 Å². The van der Waals surface area contributed by atoms with Gasteiger partial charge in [0, 0.05) is 23.6 Å². The molecule has 3 aromatic rings. The molecular formula is C19H16N2O2S. The van der Waals surface area contributed by atoms with Gasteiger partial charge in [-0.05, 0) is 12.1 Å². The summed E-state index contributed by atoms with van der Waals surface area (Å²) in [5, 5.41) is 9.93. The summed E-state index contributed by atoms with van der Waals surface area (Å²) >= 11 is 5.53. The SMILES string of the molecule is CN(CC(=O)O)C(=S)c1cc(-c2ccccc2)nc2ccccc12. The van der Waals surface area contributed by atoms with Crippen LogP contribution in [0.1, 0.15) is 5.56 Å². The molecule has 0 aliphatic rings. The second-order valence-corrected chi connectivity index (χ2v) is 5.88. The second-order valence-electron chi connectivity index (χ2n) is 5.49. The number of carboxylic acids is 1. The van der Waals surface area contributed by atoms with E-state index < -0.39 is 5.97 Å². The van der Waals surface area contributed by atoms with E-state index >= 15 is 0 Å². The number of thiocarbonyl (C=S) groups is 1. The number of carbonyl (C=O) groups is 1. The van der Waals surface area contributed by atoms with Gasteiger partial charge in [0.15, 0.2) is 0 Å². The quantitative estimate of drug-likeness (QED) is 0.738. The number of carboxylic acid groups (broad SMARTS) is 1. The fraction of sp³-hybridized carbons (Fsp3) is 0.105. The molecule has 0 bridgehead atoms. The summed E-state index contributed by atoms with van der Waals surface area (Å²) in [5.41, 5.74) is 3.46. The molecule has 1 N–H and O–H groups in total. The van der Waals surface area contributed by atoms with Crippen LogP contribution in [0.5, 0.6) is 0 Å². The standard InChI is InChI=1S/C19H16N2O2S/c1-21(12-18(22)23)19(24)15-11-17(13-7-3-2-4-8-13)20-16-10-6-5-9-14(15)16/h2-11H,12H2,1H3,(H,22,23). The van der Waals surface area contributed by atoms with E-state index in [1.54, 1.807) is 11.9 Å². The summed E-state index contributed by atoms with van der Waals surface area (Å²) in [4.78, 5) is 17.8. The summed E-state index contributed by atoms with van der Waals surface area (Å²) in [6.45, 7) is -0.143. The van der Waals surface area contributed by atoms with E-state index in [2.05, 4.69) is 0 Å². The molecule has 0 amide bonds.